The predicted octanol–water partition coefficient (Wildman–Crippen LogP) is 2.26. The molecule has 1 atom stereocenters. The van der Waals surface area contributed by atoms with Crippen LogP contribution in [-0.4, -0.2) is 17.2 Å². The van der Waals surface area contributed by atoms with Crippen molar-refractivity contribution in [2.45, 2.75) is 46.7 Å². The first kappa shape index (κ1) is 14.0. The van der Waals surface area contributed by atoms with Crippen molar-refractivity contribution in [1.82, 2.24) is 9.88 Å². The van der Waals surface area contributed by atoms with Gasteiger partial charge in [0.05, 0.1) is 0 Å². The van der Waals surface area contributed by atoms with Crippen LogP contribution in [-0.2, 0) is 6.54 Å². The molecule has 1 aromatic rings. The molecule has 0 aliphatic rings. The third-order valence-corrected chi connectivity index (χ3v) is 2.96. The molecule has 1 aromatic heterocycles. The lowest BCUT2D eigenvalue weighted by molar-refractivity contribution is 0.240. The van der Waals surface area contributed by atoms with Gasteiger partial charge in [-0.05, 0) is 24.4 Å². The van der Waals surface area contributed by atoms with E-state index in [2.05, 4.69) is 33.0 Å². The number of aromatic nitrogens is 1. The fourth-order valence-electron chi connectivity index (χ4n) is 1.77. The summed E-state index contributed by atoms with van der Waals surface area (Å²) in [7, 11) is 0. The van der Waals surface area contributed by atoms with E-state index in [1.54, 1.807) is 16.7 Å². The Morgan fingerprint density at radius 2 is 2.06 bits per heavy atom. The first-order chi connectivity index (χ1) is 7.95. The maximum absolute atomic E-state index is 11.7. The summed E-state index contributed by atoms with van der Waals surface area (Å²) in [6.07, 6.45) is 2.96. The minimum atomic E-state index is 0.0695. The Balaban J connectivity index is 2.80. The fourth-order valence-corrected chi connectivity index (χ4v) is 1.77. The van der Waals surface area contributed by atoms with E-state index in [-0.39, 0.29) is 11.0 Å². The van der Waals surface area contributed by atoms with Gasteiger partial charge in [-0.3, -0.25) is 4.79 Å². The van der Waals surface area contributed by atoms with Gasteiger partial charge in [-0.15, -0.1) is 0 Å². The van der Waals surface area contributed by atoms with Gasteiger partial charge in [0.1, 0.15) is 0 Å². The van der Waals surface area contributed by atoms with Crippen molar-refractivity contribution >= 4 is 0 Å². The molecule has 0 aromatic carbocycles. The maximum Gasteiger partial charge on any atom is 0.250 e. The van der Waals surface area contributed by atoms with Crippen LogP contribution in [0.5, 0.6) is 0 Å². The Kier molecular flexibility index (Phi) is 4.94. The molecule has 1 unspecified atom stereocenters. The van der Waals surface area contributed by atoms with E-state index >= 15 is 0 Å². The Hall–Kier alpha value is -1.09. The van der Waals surface area contributed by atoms with E-state index in [1.165, 1.54) is 0 Å². The van der Waals surface area contributed by atoms with Gasteiger partial charge in [-0.25, -0.2) is 0 Å². The summed E-state index contributed by atoms with van der Waals surface area (Å²) in [5.74, 6) is 0. The maximum atomic E-state index is 11.7. The van der Waals surface area contributed by atoms with Crippen molar-refractivity contribution in [3.05, 3.63) is 34.7 Å². The molecule has 3 nitrogen and oxygen atoms in total. The monoisotopic (exact) mass is 236 g/mol. The summed E-state index contributed by atoms with van der Waals surface area (Å²) in [5.41, 5.74) is 0.213. The minimum absolute atomic E-state index is 0.0695. The molecule has 0 saturated heterocycles. The molecular weight excluding hydrogens is 212 g/mol. The molecule has 17 heavy (non-hydrogen) atoms. The van der Waals surface area contributed by atoms with E-state index < -0.39 is 0 Å². The summed E-state index contributed by atoms with van der Waals surface area (Å²) in [5, 5.41) is 3.53. The van der Waals surface area contributed by atoms with E-state index in [0.29, 0.717) is 6.04 Å². The van der Waals surface area contributed by atoms with Crippen LogP contribution in [0.4, 0.5) is 0 Å². The molecule has 96 valence electrons. The number of hydrogen-bond acceptors (Lipinski definition) is 2. The molecular formula is C14H24N2O. The molecule has 3 heteroatoms. The Labute approximate surface area is 104 Å². The van der Waals surface area contributed by atoms with Gasteiger partial charge in [-0.1, -0.05) is 33.8 Å². The highest BCUT2D eigenvalue weighted by Crippen LogP contribution is 2.20. The lowest BCUT2D eigenvalue weighted by Gasteiger charge is -2.32. The number of nitrogens with one attached hydrogen (secondary N) is 1. The van der Waals surface area contributed by atoms with Gasteiger partial charge in [0.2, 0.25) is 0 Å². The van der Waals surface area contributed by atoms with Crippen LogP contribution >= 0.6 is 0 Å². The molecule has 0 spiro atoms. The largest absolute Gasteiger partial charge is 0.314 e. The van der Waals surface area contributed by atoms with E-state index in [0.717, 1.165) is 19.5 Å². The van der Waals surface area contributed by atoms with Crippen LogP contribution in [0.1, 0.15) is 34.1 Å². The number of pyridine rings is 1. The van der Waals surface area contributed by atoms with Gasteiger partial charge >= 0.3 is 0 Å². The standard InChI is InChI=1S/C14H24N2O/c1-5-9-15-12(14(2,3)4)11-16-10-7-6-8-13(16)17/h6-8,10,12,15H,5,9,11H2,1-4H3. The number of hydrogen-bond donors (Lipinski definition) is 1. The zero-order valence-corrected chi connectivity index (χ0v) is 11.4. The highest BCUT2D eigenvalue weighted by atomic mass is 16.1. The highest BCUT2D eigenvalue weighted by molar-refractivity contribution is 4.94. The number of rotatable bonds is 5. The Bertz CT molecular complexity index is 390. The van der Waals surface area contributed by atoms with Crippen molar-refractivity contribution in [3.63, 3.8) is 0 Å². The van der Waals surface area contributed by atoms with Crippen molar-refractivity contribution in [2.75, 3.05) is 6.54 Å². The third kappa shape index (κ3) is 4.35. The van der Waals surface area contributed by atoms with Crippen molar-refractivity contribution in [3.8, 4) is 0 Å². The third-order valence-electron chi connectivity index (χ3n) is 2.96. The van der Waals surface area contributed by atoms with Gasteiger partial charge in [0.25, 0.3) is 5.56 Å². The summed E-state index contributed by atoms with van der Waals surface area (Å²) in [6.45, 7) is 10.5. The van der Waals surface area contributed by atoms with Crippen LogP contribution in [0.2, 0.25) is 0 Å². The smallest absolute Gasteiger partial charge is 0.250 e. The topological polar surface area (TPSA) is 34.0 Å². The Morgan fingerprint density at radius 1 is 1.35 bits per heavy atom. The second-order valence-electron chi connectivity index (χ2n) is 5.56. The SMILES string of the molecule is CCCNC(Cn1ccccc1=O)C(C)(C)C. The van der Waals surface area contributed by atoms with Gasteiger partial charge in [0.15, 0.2) is 0 Å². The van der Waals surface area contributed by atoms with Crippen molar-refractivity contribution in [2.24, 2.45) is 5.41 Å². The van der Waals surface area contributed by atoms with Gasteiger partial charge < -0.3 is 9.88 Å². The van der Waals surface area contributed by atoms with Crippen LogP contribution < -0.4 is 10.9 Å². The molecule has 0 radical (unpaired) electrons. The average molecular weight is 236 g/mol. The van der Waals surface area contributed by atoms with Crippen LogP contribution in [0.15, 0.2) is 29.2 Å². The summed E-state index contributed by atoms with van der Waals surface area (Å²) >= 11 is 0. The zero-order chi connectivity index (χ0) is 12.9. The van der Waals surface area contributed by atoms with E-state index in [4.69, 9.17) is 0 Å². The first-order valence-corrected chi connectivity index (χ1v) is 6.34. The predicted molar refractivity (Wildman–Crippen MR) is 72.2 cm³/mol. The van der Waals surface area contributed by atoms with Gasteiger partial charge in [-0.2, -0.15) is 0 Å². The molecule has 0 fully saturated rings. The molecule has 1 heterocycles. The quantitative estimate of drug-likeness (QED) is 0.851. The second kappa shape index (κ2) is 6.01. The summed E-state index contributed by atoms with van der Waals surface area (Å²) < 4.78 is 1.78. The Morgan fingerprint density at radius 3 is 2.59 bits per heavy atom. The number of nitrogens with zero attached hydrogens (tertiary/aromatic N) is 1. The fraction of sp³-hybridized carbons (Fsp3) is 0.643. The molecule has 1 N–H and O–H groups in total. The van der Waals surface area contributed by atoms with Gasteiger partial charge in [0, 0.05) is 24.8 Å². The van der Waals surface area contributed by atoms with Crippen LogP contribution in [0, 0.1) is 5.41 Å². The van der Waals surface area contributed by atoms with E-state index in [1.807, 2.05) is 12.3 Å². The molecule has 0 amide bonds. The van der Waals surface area contributed by atoms with Crippen molar-refractivity contribution in [1.29, 1.82) is 0 Å². The molecule has 0 saturated carbocycles. The summed E-state index contributed by atoms with van der Waals surface area (Å²) in [6, 6.07) is 5.60. The average Bonchev–Trinajstić information content (AvgIpc) is 2.25. The lowest BCUT2D eigenvalue weighted by Crippen LogP contribution is -2.45. The normalized spacial score (nSPS) is 13.6. The first-order valence-electron chi connectivity index (χ1n) is 6.34. The lowest BCUT2D eigenvalue weighted by atomic mass is 9.86. The zero-order valence-electron chi connectivity index (χ0n) is 11.4. The van der Waals surface area contributed by atoms with Crippen LogP contribution in [0.25, 0.3) is 0 Å². The molecule has 1 rings (SSSR count). The summed E-state index contributed by atoms with van der Waals surface area (Å²) in [4.78, 5) is 11.7. The molecule has 0 aliphatic carbocycles. The second-order valence-corrected chi connectivity index (χ2v) is 5.56. The highest BCUT2D eigenvalue weighted by Gasteiger charge is 2.24. The minimum Gasteiger partial charge on any atom is -0.314 e. The van der Waals surface area contributed by atoms with Crippen LogP contribution in [0.3, 0.4) is 0 Å². The van der Waals surface area contributed by atoms with Crippen molar-refractivity contribution < 1.29 is 0 Å². The molecule has 0 aliphatic heterocycles. The molecule has 0 bridgehead atoms. The van der Waals surface area contributed by atoms with E-state index in [9.17, 15) is 4.79 Å².